The molecule has 0 aliphatic rings. The number of thiazole rings is 1. The van der Waals surface area contributed by atoms with Gasteiger partial charge in [-0.2, -0.15) is 5.26 Å². The summed E-state index contributed by atoms with van der Waals surface area (Å²) in [5.74, 6) is 0.860. The van der Waals surface area contributed by atoms with Crippen LogP contribution in [0.15, 0.2) is 18.2 Å². The summed E-state index contributed by atoms with van der Waals surface area (Å²) in [6.45, 7) is 4.93. The van der Waals surface area contributed by atoms with E-state index in [0.29, 0.717) is 23.7 Å². The van der Waals surface area contributed by atoms with Crippen molar-refractivity contribution in [1.82, 2.24) is 4.98 Å². The van der Waals surface area contributed by atoms with Gasteiger partial charge in [0.1, 0.15) is 21.7 Å². The molecule has 4 nitrogen and oxygen atoms in total. The highest BCUT2D eigenvalue weighted by Crippen LogP contribution is 2.30. The fourth-order valence-corrected chi connectivity index (χ4v) is 2.60. The Bertz CT molecular complexity index is 628. The second-order valence-electron chi connectivity index (χ2n) is 4.01. The highest BCUT2D eigenvalue weighted by atomic mass is 32.1. The molecule has 0 radical (unpaired) electrons. The van der Waals surface area contributed by atoms with Crippen LogP contribution in [0.5, 0.6) is 5.75 Å². The molecule has 0 atom stereocenters. The SMILES string of the molecule is CCOc1ccc(-c2nc(CN)sc2C#N)cc1C. The van der Waals surface area contributed by atoms with Crippen molar-refractivity contribution in [2.45, 2.75) is 20.4 Å². The summed E-state index contributed by atoms with van der Waals surface area (Å²) in [6, 6.07) is 8.00. The molecule has 0 aliphatic carbocycles. The van der Waals surface area contributed by atoms with Crippen LogP contribution < -0.4 is 10.5 Å². The molecule has 0 amide bonds. The third kappa shape index (κ3) is 2.75. The Morgan fingerprint density at radius 3 is 2.84 bits per heavy atom. The number of benzene rings is 1. The Hall–Kier alpha value is -1.90. The average Bonchev–Trinajstić information content (AvgIpc) is 2.84. The van der Waals surface area contributed by atoms with Crippen molar-refractivity contribution in [3.8, 4) is 23.1 Å². The standard InChI is InChI=1S/C14H15N3OS/c1-3-18-11-5-4-10(6-9(11)2)14-12(7-15)19-13(8-16)17-14/h4-6H,3,8,16H2,1-2H3. The number of rotatable bonds is 4. The van der Waals surface area contributed by atoms with Crippen LogP contribution in [-0.2, 0) is 6.54 Å². The van der Waals surface area contributed by atoms with E-state index < -0.39 is 0 Å². The first kappa shape index (κ1) is 13.5. The van der Waals surface area contributed by atoms with E-state index in [4.69, 9.17) is 15.7 Å². The van der Waals surface area contributed by atoms with Crippen LogP contribution in [-0.4, -0.2) is 11.6 Å². The van der Waals surface area contributed by atoms with E-state index in [1.165, 1.54) is 11.3 Å². The average molecular weight is 273 g/mol. The van der Waals surface area contributed by atoms with Crippen LogP contribution in [0.3, 0.4) is 0 Å². The van der Waals surface area contributed by atoms with Gasteiger partial charge in [0.2, 0.25) is 0 Å². The fourth-order valence-electron chi connectivity index (χ4n) is 1.84. The van der Waals surface area contributed by atoms with Crippen molar-refractivity contribution in [1.29, 1.82) is 5.26 Å². The molecule has 2 aromatic rings. The lowest BCUT2D eigenvalue weighted by Gasteiger charge is -2.08. The smallest absolute Gasteiger partial charge is 0.132 e. The molecule has 1 aromatic carbocycles. The van der Waals surface area contributed by atoms with E-state index in [9.17, 15) is 0 Å². The van der Waals surface area contributed by atoms with Crippen molar-refractivity contribution >= 4 is 11.3 Å². The minimum atomic E-state index is 0.357. The maximum Gasteiger partial charge on any atom is 0.132 e. The zero-order valence-corrected chi connectivity index (χ0v) is 11.8. The number of nitriles is 1. The highest BCUT2D eigenvalue weighted by Gasteiger charge is 2.13. The molecule has 1 heterocycles. The quantitative estimate of drug-likeness (QED) is 0.929. The summed E-state index contributed by atoms with van der Waals surface area (Å²) in [5, 5.41) is 9.93. The summed E-state index contributed by atoms with van der Waals surface area (Å²) < 4.78 is 5.51. The van der Waals surface area contributed by atoms with Gasteiger partial charge in [-0.1, -0.05) is 0 Å². The largest absolute Gasteiger partial charge is 0.494 e. The zero-order valence-electron chi connectivity index (χ0n) is 10.9. The van der Waals surface area contributed by atoms with E-state index in [1.54, 1.807) is 0 Å². The highest BCUT2D eigenvalue weighted by molar-refractivity contribution is 7.12. The lowest BCUT2D eigenvalue weighted by molar-refractivity contribution is 0.338. The van der Waals surface area contributed by atoms with E-state index in [1.807, 2.05) is 32.0 Å². The van der Waals surface area contributed by atoms with Crippen LogP contribution in [0.4, 0.5) is 0 Å². The van der Waals surface area contributed by atoms with Gasteiger partial charge < -0.3 is 10.5 Å². The molecular weight excluding hydrogens is 258 g/mol. The monoisotopic (exact) mass is 273 g/mol. The lowest BCUT2D eigenvalue weighted by Crippen LogP contribution is -1.95. The van der Waals surface area contributed by atoms with Gasteiger partial charge >= 0.3 is 0 Å². The summed E-state index contributed by atoms with van der Waals surface area (Å²) in [4.78, 5) is 5.02. The van der Waals surface area contributed by atoms with Crippen LogP contribution >= 0.6 is 11.3 Å². The first-order chi connectivity index (χ1) is 9.19. The Labute approximate surface area is 116 Å². The van der Waals surface area contributed by atoms with E-state index in [2.05, 4.69) is 11.1 Å². The predicted octanol–water partition coefficient (Wildman–Crippen LogP) is 2.85. The molecule has 0 saturated carbocycles. The Kier molecular flexibility index (Phi) is 4.15. The van der Waals surface area contributed by atoms with Crippen molar-refractivity contribution < 1.29 is 4.74 Å². The molecule has 2 rings (SSSR count). The lowest BCUT2D eigenvalue weighted by atomic mass is 10.1. The van der Waals surface area contributed by atoms with Crippen LogP contribution in [0.25, 0.3) is 11.3 Å². The number of nitrogens with two attached hydrogens (primary N) is 1. The molecular formula is C14H15N3OS. The Morgan fingerprint density at radius 1 is 1.47 bits per heavy atom. The predicted molar refractivity (Wildman–Crippen MR) is 76.1 cm³/mol. The van der Waals surface area contributed by atoms with Crippen molar-refractivity contribution in [3.63, 3.8) is 0 Å². The number of hydrogen-bond donors (Lipinski definition) is 1. The van der Waals surface area contributed by atoms with E-state index in [-0.39, 0.29) is 0 Å². The van der Waals surface area contributed by atoms with Gasteiger partial charge in [-0.25, -0.2) is 4.98 Å². The molecule has 0 spiro atoms. The number of hydrogen-bond acceptors (Lipinski definition) is 5. The maximum atomic E-state index is 9.15. The number of aryl methyl sites for hydroxylation is 1. The van der Waals surface area contributed by atoms with Crippen molar-refractivity contribution in [2.24, 2.45) is 5.73 Å². The second kappa shape index (κ2) is 5.83. The van der Waals surface area contributed by atoms with Gasteiger partial charge in [0.25, 0.3) is 0 Å². The Morgan fingerprint density at radius 2 is 2.26 bits per heavy atom. The normalized spacial score (nSPS) is 10.2. The van der Waals surface area contributed by atoms with Crippen molar-refractivity contribution in [3.05, 3.63) is 33.6 Å². The molecule has 0 unspecified atom stereocenters. The van der Waals surface area contributed by atoms with Crippen LogP contribution in [0.1, 0.15) is 22.4 Å². The first-order valence-electron chi connectivity index (χ1n) is 6.03. The maximum absolute atomic E-state index is 9.15. The van der Waals surface area contributed by atoms with Crippen LogP contribution in [0, 0.1) is 18.3 Å². The van der Waals surface area contributed by atoms with Crippen LogP contribution in [0.2, 0.25) is 0 Å². The molecule has 0 aliphatic heterocycles. The zero-order chi connectivity index (χ0) is 13.8. The topological polar surface area (TPSA) is 71.9 Å². The summed E-state index contributed by atoms with van der Waals surface area (Å²) >= 11 is 1.35. The molecule has 1 aromatic heterocycles. The third-order valence-corrected chi connectivity index (χ3v) is 3.68. The molecule has 0 saturated heterocycles. The van der Waals surface area contributed by atoms with Gasteiger partial charge in [-0.3, -0.25) is 0 Å². The molecule has 0 fully saturated rings. The summed E-state index contributed by atoms with van der Waals surface area (Å²) in [5.41, 5.74) is 8.24. The van der Waals surface area contributed by atoms with Gasteiger partial charge in [-0.05, 0) is 37.6 Å². The third-order valence-electron chi connectivity index (χ3n) is 2.70. The first-order valence-corrected chi connectivity index (χ1v) is 6.85. The molecule has 5 heteroatoms. The Balaban J connectivity index is 2.45. The molecule has 2 N–H and O–H groups in total. The minimum absolute atomic E-state index is 0.357. The van der Waals surface area contributed by atoms with Crippen molar-refractivity contribution in [2.75, 3.05) is 6.61 Å². The second-order valence-corrected chi connectivity index (χ2v) is 5.10. The van der Waals surface area contributed by atoms with Gasteiger partial charge in [0, 0.05) is 12.1 Å². The molecule has 0 bridgehead atoms. The van der Waals surface area contributed by atoms with Gasteiger partial charge in [0.05, 0.1) is 12.3 Å². The molecule has 19 heavy (non-hydrogen) atoms. The number of ether oxygens (including phenoxy) is 1. The van der Waals surface area contributed by atoms with Gasteiger partial charge in [0.15, 0.2) is 0 Å². The number of nitrogens with zero attached hydrogens (tertiary/aromatic N) is 2. The van der Waals surface area contributed by atoms with E-state index in [0.717, 1.165) is 21.9 Å². The summed E-state index contributed by atoms with van der Waals surface area (Å²) in [6.07, 6.45) is 0. The minimum Gasteiger partial charge on any atom is -0.494 e. The van der Waals surface area contributed by atoms with E-state index >= 15 is 0 Å². The molecule has 98 valence electrons. The number of aromatic nitrogens is 1. The van der Waals surface area contributed by atoms with Gasteiger partial charge in [-0.15, -0.1) is 11.3 Å². The summed E-state index contributed by atoms with van der Waals surface area (Å²) in [7, 11) is 0. The fraction of sp³-hybridized carbons (Fsp3) is 0.286.